The van der Waals surface area contributed by atoms with Gasteiger partial charge in [0.05, 0.1) is 12.0 Å². The van der Waals surface area contributed by atoms with Crippen molar-refractivity contribution in [3.63, 3.8) is 0 Å². The lowest BCUT2D eigenvalue weighted by Crippen LogP contribution is -2.50. The largest absolute Gasteiger partial charge is 0.384 e. The summed E-state index contributed by atoms with van der Waals surface area (Å²) >= 11 is 0. The van der Waals surface area contributed by atoms with Crippen LogP contribution in [-0.4, -0.2) is 39.8 Å². The Bertz CT molecular complexity index is 488. The lowest BCUT2D eigenvalue weighted by atomic mass is 9.78. The van der Waals surface area contributed by atoms with E-state index in [1.54, 1.807) is 12.0 Å². The zero-order chi connectivity index (χ0) is 15.5. The van der Waals surface area contributed by atoms with E-state index in [0.29, 0.717) is 6.61 Å². The number of carbonyl (C=O) groups is 1. The SMILES string of the molecule is COCC1(C(=O)N(C)c2cc(C)cc(C)c2)CCNCC1.Cl. The fourth-order valence-electron chi connectivity index (χ4n) is 3.22. The lowest BCUT2D eigenvalue weighted by molar-refractivity contribution is -0.133. The second kappa shape index (κ2) is 7.95. The third kappa shape index (κ3) is 4.00. The van der Waals surface area contributed by atoms with Crippen LogP contribution in [0.15, 0.2) is 18.2 Å². The van der Waals surface area contributed by atoms with Crippen LogP contribution in [0.3, 0.4) is 0 Å². The number of nitrogens with one attached hydrogen (secondary N) is 1. The van der Waals surface area contributed by atoms with Crippen molar-refractivity contribution < 1.29 is 9.53 Å². The number of anilines is 1. The van der Waals surface area contributed by atoms with Crippen molar-refractivity contribution in [1.29, 1.82) is 0 Å². The van der Waals surface area contributed by atoms with Crippen LogP contribution in [0.2, 0.25) is 0 Å². The first-order valence-electron chi connectivity index (χ1n) is 7.55. The van der Waals surface area contributed by atoms with Crippen LogP contribution in [0, 0.1) is 19.3 Å². The fourth-order valence-corrected chi connectivity index (χ4v) is 3.22. The molecule has 0 unspecified atom stereocenters. The molecule has 5 heteroatoms. The summed E-state index contributed by atoms with van der Waals surface area (Å²) in [5.41, 5.74) is 2.92. The molecule has 0 aliphatic carbocycles. The molecule has 1 amide bonds. The van der Waals surface area contributed by atoms with Crippen molar-refractivity contribution in [3.05, 3.63) is 29.3 Å². The summed E-state index contributed by atoms with van der Waals surface area (Å²) in [6.07, 6.45) is 1.66. The third-order valence-electron chi connectivity index (χ3n) is 4.33. The second-order valence-corrected chi connectivity index (χ2v) is 6.17. The van der Waals surface area contributed by atoms with Crippen LogP contribution in [0.1, 0.15) is 24.0 Å². The number of rotatable bonds is 4. The van der Waals surface area contributed by atoms with E-state index in [4.69, 9.17) is 4.74 Å². The van der Waals surface area contributed by atoms with Gasteiger partial charge in [-0.05, 0) is 63.0 Å². The maximum absolute atomic E-state index is 13.1. The van der Waals surface area contributed by atoms with Crippen LogP contribution in [-0.2, 0) is 9.53 Å². The number of nitrogens with zero attached hydrogens (tertiary/aromatic N) is 1. The van der Waals surface area contributed by atoms with E-state index in [0.717, 1.165) is 31.6 Å². The molecule has 0 aromatic heterocycles. The minimum absolute atomic E-state index is 0. The van der Waals surface area contributed by atoms with Gasteiger partial charge in [0.1, 0.15) is 0 Å². The quantitative estimate of drug-likeness (QED) is 0.925. The fraction of sp³-hybridized carbons (Fsp3) is 0.588. The number of amides is 1. The van der Waals surface area contributed by atoms with Gasteiger partial charge in [0.2, 0.25) is 5.91 Å². The summed E-state index contributed by atoms with van der Waals surface area (Å²) in [6, 6.07) is 6.25. The van der Waals surface area contributed by atoms with Crippen LogP contribution in [0.25, 0.3) is 0 Å². The summed E-state index contributed by atoms with van der Waals surface area (Å²) in [7, 11) is 3.55. The summed E-state index contributed by atoms with van der Waals surface area (Å²) in [5, 5.41) is 3.32. The zero-order valence-electron chi connectivity index (χ0n) is 13.9. The standard InChI is InChI=1S/C17H26N2O2.ClH/c1-13-9-14(2)11-15(10-13)19(3)16(20)17(12-21-4)5-7-18-8-6-17;/h9-11,18H,5-8,12H2,1-4H3;1H. The van der Waals surface area contributed by atoms with Crippen molar-refractivity contribution in [1.82, 2.24) is 5.32 Å². The first kappa shape index (κ1) is 18.9. The Kier molecular flexibility index (Phi) is 6.85. The van der Waals surface area contributed by atoms with E-state index in [2.05, 4.69) is 37.4 Å². The first-order chi connectivity index (χ1) is 9.98. The second-order valence-electron chi connectivity index (χ2n) is 6.17. The highest BCUT2D eigenvalue weighted by atomic mass is 35.5. The molecule has 4 nitrogen and oxygen atoms in total. The normalized spacial score (nSPS) is 16.7. The van der Waals surface area contributed by atoms with Gasteiger partial charge in [-0.3, -0.25) is 4.79 Å². The number of halogens is 1. The van der Waals surface area contributed by atoms with E-state index in [1.165, 1.54) is 11.1 Å². The highest BCUT2D eigenvalue weighted by Crippen LogP contribution is 2.33. The Morgan fingerprint density at radius 3 is 2.27 bits per heavy atom. The maximum atomic E-state index is 13.1. The van der Waals surface area contributed by atoms with Gasteiger partial charge in [0.25, 0.3) is 0 Å². The minimum Gasteiger partial charge on any atom is -0.384 e. The number of methoxy groups -OCH3 is 1. The van der Waals surface area contributed by atoms with Gasteiger partial charge in [-0.25, -0.2) is 0 Å². The summed E-state index contributed by atoms with van der Waals surface area (Å²) in [4.78, 5) is 14.8. The Labute approximate surface area is 139 Å². The number of aryl methyl sites for hydroxylation is 2. The molecule has 0 spiro atoms. The average molecular weight is 327 g/mol. The Morgan fingerprint density at radius 2 is 1.77 bits per heavy atom. The predicted octanol–water partition coefficient (Wildman–Crippen LogP) is 2.70. The topological polar surface area (TPSA) is 41.6 Å². The molecule has 22 heavy (non-hydrogen) atoms. The summed E-state index contributed by atoms with van der Waals surface area (Å²) in [5.74, 6) is 0.163. The van der Waals surface area contributed by atoms with Gasteiger partial charge >= 0.3 is 0 Å². The van der Waals surface area contributed by atoms with Gasteiger partial charge < -0.3 is 15.0 Å². The van der Waals surface area contributed by atoms with Crippen LogP contribution in [0.4, 0.5) is 5.69 Å². The molecule has 1 aromatic rings. The molecule has 1 aliphatic rings. The first-order valence-corrected chi connectivity index (χ1v) is 7.55. The van der Waals surface area contributed by atoms with Gasteiger partial charge in [-0.15, -0.1) is 12.4 Å². The molecule has 2 rings (SSSR count). The molecular weight excluding hydrogens is 300 g/mol. The number of benzene rings is 1. The molecule has 1 saturated heterocycles. The van der Waals surface area contributed by atoms with Crippen molar-refractivity contribution in [2.75, 3.05) is 38.8 Å². The lowest BCUT2D eigenvalue weighted by Gasteiger charge is -2.38. The van der Waals surface area contributed by atoms with Crippen molar-refractivity contribution in [3.8, 4) is 0 Å². The van der Waals surface area contributed by atoms with Crippen LogP contribution < -0.4 is 10.2 Å². The number of hydrogen-bond donors (Lipinski definition) is 1. The van der Waals surface area contributed by atoms with E-state index < -0.39 is 5.41 Å². The van der Waals surface area contributed by atoms with Crippen molar-refractivity contribution >= 4 is 24.0 Å². The zero-order valence-corrected chi connectivity index (χ0v) is 14.8. The average Bonchev–Trinajstić information content (AvgIpc) is 2.46. The van der Waals surface area contributed by atoms with Gasteiger partial charge in [-0.2, -0.15) is 0 Å². The molecular formula is C17H27ClN2O2. The minimum atomic E-state index is -0.396. The summed E-state index contributed by atoms with van der Waals surface area (Å²) in [6.45, 7) is 6.35. The molecule has 1 aliphatic heterocycles. The molecule has 0 bridgehead atoms. The third-order valence-corrected chi connectivity index (χ3v) is 4.33. The Hall–Kier alpha value is -1.10. The van der Waals surface area contributed by atoms with Gasteiger partial charge in [0.15, 0.2) is 0 Å². The molecule has 1 N–H and O–H groups in total. The molecule has 1 fully saturated rings. The highest BCUT2D eigenvalue weighted by Gasteiger charge is 2.41. The van der Waals surface area contributed by atoms with Crippen molar-refractivity contribution in [2.45, 2.75) is 26.7 Å². The van der Waals surface area contributed by atoms with E-state index in [1.807, 2.05) is 7.05 Å². The predicted molar refractivity (Wildman–Crippen MR) is 93.0 cm³/mol. The molecule has 1 aromatic carbocycles. The number of hydrogen-bond acceptors (Lipinski definition) is 3. The Morgan fingerprint density at radius 1 is 1.23 bits per heavy atom. The molecule has 0 saturated carbocycles. The van der Waals surface area contributed by atoms with Gasteiger partial charge in [-0.1, -0.05) is 6.07 Å². The molecule has 0 atom stereocenters. The smallest absolute Gasteiger partial charge is 0.235 e. The van der Waals surface area contributed by atoms with E-state index in [-0.39, 0.29) is 18.3 Å². The van der Waals surface area contributed by atoms with Crippen LogP contribution in [0.5, 0.6) is 0 Å². The Balaban J connectivity index is 0.00000242. The van der Waals surface area contributed by atoms with Crippen LogP contribution >= 0.6 is 12.4 Å². The number of piperidine rings is 1. The highest BCUT2D eigenvalue weighted by molar-refractivity contribution is 5.97. The molecule has 0 radical (unpaired) electrons. The summed E-state index contributed by atoms with van der Waals surface area (Å²) < 4.78 is 5.36. The van der Waals surface area contributed by atoms with E-state index in [9.17, 15) is 4.79 Å². The van der Waals surface area contributed by atoms with Crippen molar-refractivity contribution in [2.24, 2.45) is 5.41 Å². The molecule has 124 valence electrons. The maximum Gasteiger partial charge on any atom is 0.235 e. The molecule has 1 heterocycles. The monoisotopic (exact) mass is 326 g/mol. The van der Waals surface area contributed by atoms with E-state index >= 15 is 0 Å². The van der Waals surface area contributed by atoms with Gasteiger partial charge in [0, 0.05) is 19.8 Å². The number of carbonyl (C=O) groups excluding carboxylic acids is 1. The number of ether oxygens (including phenoxy) is 1.